The van der Waals surface area contributed by atoms with Gasteiger partial charge in [-0.15, -0.1) is 0 Å². The molecular weight excluding hydrogens is 372 g/mol. The van der Waals surface area contributed by atoms with Crippen LogP contribution in [-0.2, 0) is 11.2 Å². The summed E-state index contributed by atoms with van der Waals surface area (Å²) in [7, 11) is 3.15. The minimum absolute atomic E-state index is 0.130. The molecule has 7 heteroatoms. The third kappa shape index (κ3) is 5.38. The summed E-state index contributed by atoms with van der Waals surface area (Å²) in [4.78, 5) is 24.4. The molecule has 0 aliphatic carbocycles. The van der Waals surface area contributed by atoms with Crippen LogP contribution in [0.4, 0.5) is 11.4 Å². The molecule has 2 aromatic carbocycles. The van der Waals surface area contributed by atoms with E-state index in [1.54, 1.807) is 50.6 Å². The number of methoxy groups -OCH3 is 2. The Morgan fingerprint density at radius 3 is 2.34 bits per heavy atom. The summed E-state index contributed by atoms with van der Waals surface area (Å²) in [5, 5.41) is 5.57. The number of benzene rings is 2. The highest BCUT2D eigenvalue weighted by Crippen LogP contribution is 2.28. The molecule has 3 rings (SSSR count). The zero-order valence-electron chi connectivity index (χ0n) is 16.2. The Labute approximate surface area is 168 Å². The largest absolute Gasteiger partial charge is 0.493 e. The lowest BCUT2D eigenvalue weighted by atomic mass is 10.1. The quantitative estimate of drug-likeness (QED) is 0.600. The Bertz CT molecular complexity index is 983. The number of aryl methyl sites for hydroxylation is 1. The zero-order chi connectivity index (χ0) is 20.6. The second-order valence-electron chi connectivity index (χ2n) is 6.25. The van der Waals surface area contributed by atoms with Crippen LogP contribution in [0.3, 0.4) is 0 Å². The summed E-state index contributed by atoms with van der Waals surface area (Å²) in [6, 6.07) is 15.7. The molecule has 2 amide bonds. The van der Waals surface area contributed by atoms with E-state index in [1.807, 2.05) is 18.2 Å². The minimum Gasteiger partial charge on any atom is -0.493 e. The second-order valence-corrected chi connectivity index (χ2v) is 6.25. The number of amides is 2. The standard InChI is InChI=1S/C22H22N2O5/c1-27-18-10-8-15(13-20(18)28-2)9-11-21(25)23-16-5-3-6-17(14-16)24-22(26)19-7-4-12-29-19/h3-8,10,12-14H,9,11H2,1-2H3,(H,23,25)(H,24,26). The van der Waals surface area contributed by atoms with Crippen molar-refractivity contribution in [1.29, 1.82) is 0 Å². The minimum atomic E-state index is -0.355. The van der Waals surface area contributed by atoms with Crippen molar-refractivity contribution in [2.45, 2.75) is 12.8 Å². The average molecular weight is 394 g/mol. The molecule has 0 aliphatic rings. The number of anilines is 2. The zero-order valence-corrected chi connectivity index (χ0v) is 16.2. The van der Waals surface area contributed by atoms with E-state index < -0.39 is 0 Å². The first-order chi connectivity index (χ1) is 14.1. The Balaban J connectivity index is 1.56. The number of carbonyl (C=O) groups excluding carboxylic acids is 2. The normalized spacial score (nSPS) is 10.3. The van der Waals surface area contributed by atoms with Crippen LogP contribution in [0.15, 0.2) is 65.3 Å². The third-order valence-corrected chi connectivity index (χ3v) is 4.24. The Morgan fingerprint density at radius 2 is 1.66 bits per heavy atom. The van der Waals surface area contributed by atoms with E-state index in [0.29, 0.717) is 35.7 Å². The van der Waals surface area contributed by atoms with Gasteiger partial charge in [0.25, 0.3) is 5.91 Å². The molecule has 0 radical (unpaired) electrons. The van der Waals surface area contributed by atoms with Gasteiger partial charge in [0, 0.05) is 17.8 Å². The highest BCUT2D eigenvalue weighted by Gasteiger charge is 2.10. The maximum absolute atomic E-state index is 12.3. The van der Waals surface area contributed by atoms with Gasteiger partial charge in [-0.25, -0.2) is 0 Å². The van der Waals surface area contributed by atoms with E-state index in [4.69, 9.17) is 13.9 Å². The number of rotatable bonds is 8. The monoisotopic (exact) mass is 394 g/mol. The second kappa shape index (κ2) is 9.45. The van der Waals surface area contributed by atoms with Gasteiger partial charge in [-0.2, -0.15) is 0 Å². The van der Waals surface area contributed by atoms with Crippen LogP contribution in [-0.4, -0.2) is 26.0 Å². The van der Waals surface area contributed by atoms with Gasteiger partial charge in [-0.3, -0.25) is 9.59 Å². The van der Waals surface area contributed by atoms with Gasteiger partial charge in [0.2, 0.25) is 5.91 Å². The molecule has 0 spiro atoms. The van der Waals surface area contributed by atoms with Crippen molar-refractivity contribution in [3.8, 4) is 11.5 Å². The van der Waals surface area contributed by atoms with Crippen LogP contribution in [0.25, 0.3) is 0 Å². The summed E-state index contributed by atoms with van der Waals surface area (Å²) < 4.78 is 15.6. The molecule has 0 saturated carbocycles. The summed E-state index contributed by atoms with van der Waals surface area (Å²) in [5.41, 5.74) is 2.13. The van der Waals surface area contributed by atoms with Gasteiger partial charge < -0.3 is 24.5 Å². The van der Waals surface area contributed by atoms with Crippen molar-refractivity contribution < 1.29 is 23.5 Å². The topological polar surface area (TPSA) is 89.8 Å². The van der Waals surface area contributed by atoms with Crippen molar-refractivity contribution in [2.24, 2.45) is 0 Å². The van der Waals surface area contributed by atoms with E-state index in [0.717, 1.165) is 5.56 Å². The van der Waals surface area contributed by atoms with Crippen molar-refractivity contribution >= 4 is 23.2 Å². The Kier molecular flexibility index (Phi) is 6.52. The molecule has 2 N–H and O–H groups in total. The molecule has 150 valence electrons. The first-order valence-electron chi connectivity index (χ1n) is 9.04. The van der Waals surface area contributed by atoms with Crippen LogP contribution in [0.2, 0.25) is 0 Å². The van der Waals surface area contributed by atoms with Crippen molar-refractivity contribution in [3.05, 3.63) is 72.2 Å². The lowest BCUT2D eigenvalue weighted by Crippen LogP contribution is -2.14. The van der Waals surface area contributed by atoms with Crippen LogP contribution in [0.1, 0.15) is 22.5 Å². The van der Waals surface area contributed by atoms with Gasteiger partial charge in [0.15, 0.2) is 17.3 Å². The molecule has 29 heavy (non-hydrogen) atoms. The molecule has 0 aliphatic heterocycles. The lowest BCUT2D eigenvalue weighted by molar-refractivity contribution is -0.116. The fourth-order valence-corrected chi connectivity index (χ4v) is 2.79. The first-order valence-corrected chi connectivity index (χ1v) is 9.04. The summed E-state index contributed by atoms with van der Waals surface area (Å²) in [6.45, 7) is 0. The fraction of sp³-hybridized carbons (Fsp3) is 0.182. The van der Waals surface area contributed by atoms with E-state index >= 15 is 0 Å². The van der Waals surface area contributed by atoms with E-state index in [1.165, 1.54) is 6.26 Å². The van der Waals surface area contributed by atoms with Gasteiger partial charge in [0.1, 0.15) is 0 Å². The van der Waals surface area contributed by atoms with Crippen LogP contribution in [0, 0.1) is 0 Å². The number of hydrogen-bond donors (Lipinski definition) is 2. The molecule has 0 bridgehead atoms. The van der Waals surface area contributed by atoms with Crippen LogP contribution in [0.5, 0.6) is 11.5 Å². The SMILES string of the molecule is COc1ccc(CCC(=O)Nc2cccc(NC(=O)c3ccco3)c2)cc1OC. The molecule has 0 saturated heterocycles. The number of nitrogens with one attached hydrogen (secondary N) is 2. The summed E-state index contributed by atoms with van der Waals surface area (Å²) in [5.74, 6) is 1.01. The molecule has 7 nitrogen and oxygen atoms in total. The van der Waals surface area contributed by atoms with Crippen LogP contribution >= 0.6 is 0 Å². The molecule has 1 aromatic heterocycles. The highest BCUT2D eigenvalue weighted by atomic mass is 16.5. The third-order valence-electron chi connectivity index (χ3n) is 4.24. The molecule has 0 fully saturated rings. The van der Waals surface area contributed by atoms with Gasteiger partial charge in [-0.1, -0.05) is 12.1 Å². The van der Waals surface area contributed by atoms with Gasteiger partial charge >= 0.3 is 0 Å². The molecular formula is C22H22N2O5. The first kappa shape index (κ1) is 20.0. The predicted molar refractivity (Wildman–Crippen MR) is 110 cm³/mol. The molecule has 0 atom stereocenters. The van der Waals surface area contributed by atoms with Crippen molar-refractivity contribution in [3.63, 3.8) is 0 Å². The van der Waals surface area contributed by atoms with E-state index in [9.17, 15) is 9.59 Å². The van der Waals surface area contributed by atoms with Gasteiger partial charge in [0.05, 0.1) is 20.5 Å². The maximum atomic E-state index is 12.3. The number of ether oxygens (including phenoxy) is 2. The number of carbonyl (C=O) groups is 2. The Morgan fingerprint density at radius 1 is 0.897 bits per heavy atom. The number of furan rings is 1. The van der Waals surface area contributed by atoms with Gasteiger partial charge in [-0.05, 0) is 54.4 Å². The van der Waals surface area contributed by atoms with Crippen LogP contribution < -0.4 is 20.1 Å². The number of hydrogen-bond acceptors (Lipinski definition) is 5. The molecule has 1 heterocycles. The fourth-order valence-electron chi connectivity index (χ4n) is 2.79. The van der Waals surface area contributed by atoms with Crippen molar-refractivity contribution in [2.75, 3.05) is 24.9 Å². The Hall–Kier alpha value is -3.74. The summed E-state index contributed by atoms with van der Waals surface area (Å²) >= 11 is 0. The van der Waals surface area contributed by atoms with Crippen molar-refractivity contribution in [1.82, 2.24) is 0 Å². The summed E-state index contributed by atoms with van der Waals surface area (Å²) in [6.07, 6.45) is 2.30. The molecule has 3 aromatic rings. The van der Waals surface area contributed by atoms with E-state index in [-0.39, 0.29) is 17.6 Å². The lowest BCUT2D eigenvalue weighted by Gasteiger charge is -2.10. The highest BCUT2D eigenvalue weighted by molar-refractivity contribution is 6.02. The smallest absolute Gasteiger partial charge is 0.291 e. The van der Waals surface area contributed by atoms with E-state index in [2.05, 4.69) is 10.6 Å². The maximum Gasteiger partial charge on any atom is 0.291 e. The molecule has 0 unspecified atom stereocenters. The average Bonchev–Trinajstić information content (AvgIpc) is 3.27. The predicted octanol–water partition coefficient (Wildman–Crippen LogP) is 4.12.